The molecule has 0 spiro atoms. The normalized spacial score (nSPS) is 21.4. The lowest BCUT2D eigenvalue weighted by atomic mass is 9.86. The van der Waals surface area contributed by atoms with Crippen molar-refractivity contribution in [3.05, 3.63) is 114 Å². The van der Waals surface area contributed by atoms with E-state index < -0.39 is 23.1 Å². The molecule has 23 heteroatoms. The van der Waals surface area contributed by atoms with Gasteiger partial charge in [-0.15, -0.1) is 24.0 Å². The predicted octanol–water partition coefficient (Wildman–Crippen LogP) is 5.91. The third kappa shape index (κ3) is 10.6. The summed E-state index contributed by atoms with van der Waals surface area (Å²) < 4.78 is 37.2. The zero-order valence-electron chi connectivity index (χ0n) is 45.4. The molecule has 0 amide bonds. The molecule has 426 valence electrons. The fraction of sp³-hybridized carbons (Fsp3) is 0.474. The Bertz CT molecular complexity index is 3550. The van der Waals surface area contributed by atoms with Crippen LogP contribution in [0.3, 0.4) is 0 Å². The van der Waals surface area contributed by atoms with E-state index in [4.69, 9.17) is 38.4 Å². The minimum Gasteiger partial charge on any atom is -0.486 e. The van der Waals surface area contributed by atoms with Gasteiger partial charge in [0.05, 0.1) is 46.6 Å². The summed E-state index contributed by atoms with van der Waals surface area (Å²) in [6, 6.07) is 11.3. The first kappa shape index (κ1) is 58.4. The number of esters is 2. The van der Waals surface area contributed by atoms with Gasteiger partial charge in [-0.25, -0.2) is 14.6 Å². The number of rotatable bonds is 8. The maximum absolute atomic E-state index is 13.7. The zero-order chi connectivity index (χ0) is 55.5. The number of hydrogen-bond donors (Lipinski definition) is 2. The highest BCUT2D eigenvalue weighted by Gasteiger charge is 2.46. The molecule has 6 aromatic rings. The minimum absolute atomic E-state index is 0. The van der Waals surface area contributed by atoms with Crippen LogP contribution in [0.2, 0.25) is 0 Å². The van der Waals surface area contributed by atoms with Gasteiger partial charge in [-0.2, -0.15) is 0 Å². The molecule has 7 aliphatic rings. The summed E-state index contributed by atoms with van der Waals surface area (Å²) in [6.07, 6.45) is 1.90. The number of aliphatic hydroxyl groups is 2. The van der Waals surface area contributed by atoms with Crippen LogP contribution >= 0.6 is 61.2 Å². The summed E-state index contributed by atoms with van der Waals surface area (Å²) in [5, 5.41) is 24.1. The van der Waals surface area contributed by atoms with Crippen molar-refractivity contribution in [3.8, 4) is 34.4 Å². The number of likely N-dealkylation sites (N-methyl/N-ethyl adjacent to an activating group) is 2. The third-order valence-corrected chi connectivity index (χ3v) is 16.7. The Balaban J connectivity index is 0.000000173. The number of piperazine rings is 2. The number of carbonyl (C=O) groups excluding carboxylic acids is 2. The topological polar surface area (TPSA) is 213 Å². The maximum atomic E-state index is 13.7. The molecule has 0 bridgehead atoms. The minimum atomic E-state index is -1.85. The van der Waals surface area contributed by atoms with E-state index in [1.165, 1.54) is 0 Å². The molecule has 0 unspecified atom stereocenters. The van der Waals surface area contributed by atoms with Crippen LogP contribution in [0.15, 0.2) is 52.2 Å². The quantitative estimate of drug-likeness (QED) is 0.134. The first-order valence-electron chi connectivity index (χ1n) is 26.9. The number of fused-ring (bicyclic) bond motifs is 9. The van der Waals surface area contributed by atoms with Crippen LogP contribution in [0, 0.1) is 6.92 Å². The number of cyclic esters (lactones) is 2. The molecule has 2 fully saturated rings. The molecular weight excluding hydrogens is 1370 g/mol. The van der Waals surface area contributed by atoms with Crippen LogP contribution in [0.1, 0.15) is 76.9 Å². The highest BCUT2D eigenvalue weighted by Crippen LogP contribution is 2.44. The lowest BCUT2D eigenvalue weighted by Gasteiger charge is -2.33. The van der Waals surface area contributed by atoms with E-state index in [-0.39, 0.29) is 61.2 Å². The summed E-state index contributed by atoms with van der Waals surface area (Å²) in [5.41, 5.74) is 5.04. The van der Waals surface area contributed by atoms with Crippen molar-refractivity contribution in [1.82, 2.24) is 38.7 Å². The van der Waals surface area contributed by atoms with E-state index >= 15 is 0 Å². The second-order valence-electron chi connectivity index (χ2n) is 21.3. The van der Waals surface area contributed by atoms with E-state index in [0.717, 1.165) is 115 Å². The Morgan fingerprint density at radius 1 is 0.575 bits per heavy atom. The number of pyridine rings is 4. The van der Waals surface area contributed by atoms with Gasteiger partial charge in [-0.05, 0) is 74.8 Å². The fourth-order valence-corrected chi connectivity index (χ4v) is 11.9. The number of aryl methyl sites for hydroxylation is 1. The largest absolute Gasteiger partial charge is 0.486 e. The van der Waals surface area contributed by atoms with E-state index in [9.17, 15) is 29.4 Å². The van der Waals surface area contributed by atoms with Crippen LogP contribution < -0.4 is 30.1 Å². The van der Waals surface area contributed by atoms with Gasteiger partial charge in [-0.1, -0.05) is 13.8 Å². The average Bonchev–Trinajstić information content (AvgIpc) is 3.99. The average molecular weight is 1430 g/mol. The number of halogens is 3. The summed E-state index contributed by atoms with van der Waals surface area (Å²) in [5.74, 6) is 1.33. The van der Waals surface area contributed by atoms with Crippen molar-refractivity contribution >= 4 is 95.0 Å². The van der Waals surface area contributed by atoms with Gasteiger partial charge < -0.3 is 57.6 Å². The molecule has 11 heterocycles. The fourth-order valence-electron chi connectivity index (χ4n) is 11.9. The molecular formula is C57H65I3N8O12. The van der Waals surface area contributed by atoms with Gasteiger partial charge in [0.2, 0.25) is 0 Å². The second kappa shape index (κ2) is 23.8. The molecule has 2 N–H and O–H groups in total. The first-order valence-corrected chi connectivity index (χ1v) is 33.2. The SMILES string of the molecule is CC[C@@]1(O)C(=O)OCc2c1cc1n(c2=O)Cc2c-1nc1cc3c(cc1c2CN1CCN(C)CC1)OCCO3.CC[C@@]1(O)C(=O)OCc2c1ccn(Cc1c(C)nc3cc4c(cc3c1CN1CCN(C)CC1)OCCO4)c2=O.I.II. The Morgan fingerprint density at radius 2 is 1.05 bits per heavy atom. The molecule has 7 aliphatic heterocycles. The molecule has 0 saturated carbocycles. The van der Waals surface area contributed by atoms with Crippen molar-refractivity contribution in [1.29, 1.82) is 0 Å². The van der Waals surface area contributed by atoms with Crippen molar-refractivity contribution in [2.45, 2.75) is 84.2 Å². The number of ether oxygens (including phenoxy) is 6. The van der Waals surface area contributed by atoms with Crippen LogP contribution in [-0.2, 0) is 69.7 Å². The molecule has 2 atom stereocenters. The van der Waals surface area contributed by atoms with E-state index in [0.29, 0.717) is 96.2 Å². The summed E-state index contributed by atoms with van der Waals surface area (Å²) in [4.78, 5) is 71.6. The molecule has 2 aromatic carbocycles. The van der Waals surface area contributed by atoms with Crippen LogP contribution in [0.4, 0.5) is 0 Å². The van der Waals surface area contributed by atoms with Crippen LogP contribution in [0.25, 0.3) is 33.2 Å². The lowest BCUT2D eigenvalue weighted by molar-refractivity contribution is -0.172. The summed E-state index contributed by atoms with van der Waals surface area (Å²) in [7, 11) is 4.27. The molecule has 20 nitrogen and oxygen atoms in total. The number of aromatic nitrogens is 4. The van der Waals surface area contributed by atoms with Gasteiger partial charge in [0.15, 0.2) is 34.2 Å². The first-order chi connectivity index (χ1) is 38.1. The number of carbonyl (C=O) groups is 2. The van der Waals surface area contributed by atoms with Crippen LogP contribution in [-0.4, -0.2) is 154 Å². The van der Waals surface area contributed by atoms with Gasteiger partial charge in [-0.3, -0.25) is 24.4 Å². The molecule has 0 radical (unpaired) electrons. The van der Waals surface area contributed by atoms with Crippen molar-refractivity contribution in [3.63, 3.8) is 0 Å². The monoisotopic (exact) mass is 1430 g/mol. The summed E-state index contributed by atoms with van der Waals surface area (Å²) >= 11 is 4.24. The highest BCUT2D eigenvalue weighted by atomic mass is 128. The molecule has 2 saturated heterocycles. The Morgan fingerprint density at radius 3 is 1.59 bits per heavy atom. The number of benzene rings is 2. The third-order valence-electron chi connectivity index (χ3n) is 16.7. The number of hydrogen-bond acceptors (Lipinski definition) is 18. The second-order valence-corrected chi connectivity index (χ2v) is 21.3. The van der Waals surface area contributed by atoms with Gasteiger partial charge in [0.1, 0.15) is 39.6 Å². The predicted molar refractivity (Wildman–Crippen MR) is 326 cm³/mol. The Labute approximate surface area is 502 Å². The lowest BCUT2D eigenvalue weighted by Crippen LogP contribution is -2.44. The smallest absolute Gasteiger partial charge is 0.343 e. The van der Waals surface area contributed by atoms with Crippen molar-refractivity contribution < 1.29 is 48.2 Å². The molecule has 80 heavy (non-hydrogen) atoms. The molecule has 0 aliphatic carbocycles. The number of nitrogens with zero attached hydrogens (tertiary/aromatic N) is 8. The van der Waals surface area contributed by atoms with Crippen LogP contribution in [0.5, 0.6) is 23.0 Å². The molecule has 13 rings (SSSR count). The van der Waals surface area contributed by atoms with E-state index in [2.05, 4.69) is 70.9 Å². The maximum Gasteiger partial charge on any atom is 0.343 e. The van der Waals surface area contributed by atoms with Gasteiger partial charge in [0.25, 0.3) is 11.1 Å². The van der Waals surface area contributed by atoms with E-state index in [1.54, 1.807) is 41.3 Å². The summed E-state index contributed by atoms with van der Waals surface area (Å²) in [6.45, 7) is 16.9. The standard InChI is InChI=1S/C29H34N4O6.C28H30N4O6.I2.HI/c1-4-29(36)23-5-6-33(27(34)22(23)17-39-28(29)35)16-20-18(2)30-24-14-26-25(37-11-12-38-26)13-19(24)21(20)15-32-9-7-31(3)8-10-32;1-3-28(35)20-11-22-25-18(14-32(22)26(33)19(20)15-38-27(28)34)17(13-31-6-4-30(2)5-7-31)16-10-23-24(12-21(16)29-25)37-9-8-36-23;1-2;/h5-6,13-14,36H,4,7-12,15-17H2,1-3H3;10-12,35H,3-9,13-15H2,1-2H3;;1H/t29-;28-;;/m00../s1. The van der Waals surface area contributed by atoms with Gasteiger partial charge in [0, 0.05) is 154 Å². The highest BCUT2D eigenvalue weighted by molar-refractivity contribution is 15.0. The Hall–Kier alpha value is -4.75. The zero-order valence-corrected chi connectivity index (χ0v) is 52.0. The van der Waals surface area contributed by atoms with Crippen molar-refractivity contribution in [2.24, 2.45) is 0 Å². The molecule has 4 aromatic heterocycles. The van der Waals surface area contributed by atoms with Gasteiger partial charge >= 0.3 is 11.9 Å². The van der Waals surface area contributed by atoms with Crippen molar-refractivity contribution in [2.75, 3.05) is 92.9 Å². The Kier molecular flexibility index (Phi) is 17.4. The van der Waals surface area contributed by atoms with E-state index in [1.807, 2.05) is 31.2 Å².